The van der Waals surface area contributed by atoms with E-state index in [9.17, 15) is 0 Å². The highest BCUT2D eigenvalue weighted by molar-refractivity contribution is 6.21. The normalized spacial score (nSPS) is 11.6. The average molecular weight is 638 g/mol. The van der Waals surface area contributed by atoms with Crippen LogP contribution in [0.25, 0.3) is 76.5 Å². The van der Waals surface area contributed by atoms with Crippen LogP contribution in [0.3, 0.4) is 0 Å². The van der Waals surface area contributed by atoms with Crippen molar-refractivity contribution in [1.29, 1.82) is 0 Å². The maximum absolute atomic E-state index is 6.39. The summed E-state index contributed by atoms with van der Waals surface area (Å²) in [7, 11) is 0. The molecule has 0 amide bonds. The lowest BCUT2D eigenvalue weighted by molar-refractivity contribution is 0.669. The zero-order valence-corrected chi connectivity index (χ0v) is 27.3. The Hall–Kier alpha value is -6.64. The van der Waals surface area contributed by atoms with E-state index < -0.39 is 0 Å². The van der Waals surface area contributed by atoms with Gasteiger partial charge in [0.05, 0.1) is 5.69 Å². The third kappa shape index (κ3) is 4.57. The van der Waals surface area contributed by atoms with Crippen LogP contribution in [0.15, 0.2) is 192 Å². The lowest BCUT2D eigenvalue weighted by Gasteiger charge is -2.28. The zero-order valence-electron chi connectivity index (χ0n) is 27.3. The smallest absolute Gasteiger partial charge is 0.137 e. The van der Waals surface area contributed by atoms with Gasteiger partial charge in [0.1, 0.15) is 11.2 Å². The van der Waals surface area contributed by atoms with Gasteiger partial charge in [-0.1, -0.05) is 140 Å². The van der Waals surface area contributed by atoms with Crippen molar-refractivity contribution in [3.63, 3.8) is 0 Å². The lowest BCUT2D eigenvalue weighted by Crippen LogP contribution is -2.11. The Morgan fingerprint density at radius 3 is 1.78 bits per heavy atom. The number of nitrogens with zero attached hydrogens (tertiary/aromatic N) is 1. The molecule has 0 aliphatic carbocycles. The van der Waals surface area contributed by atoms with Gasteiger partial charge in [-0.2, -0.15) is 0 Å². The minimum absolute atomic E-state index is 0.873. The average Bonchev–Trinajstić information content (AvgIpc) is 3.56. The summed E-state index contributed by atoms with van der Waals surface area (Å²) in [6.07, 6.45) is 0. The van der Waals surface area contributed by atoms with Crippen LogP contribution >= 0.6 is 0 Å². The van der Waals surface area contributed by atoms with Crippen LogP contribution < -0.4 is 4.90 Å². The molecule has 0 spiro atoms. The molecule has 0 aliphatic heterocycles. The largest absolute Gasteiger partial charge is 0.456 e. The fraction of sp³-hybridized carbons (Fsp3) is 0. The molecule has 234 valence electrons. The maximum atomic E-state index is 6.39. The Kier molecular flexibility index (Phi) is 6.53. The van der Waals surface area contributed by atoms with Gasteiger partial charge in [0, 0.05) is 33.8 Å². The Morgan fingerprint density at radius 2 is 0.920 bits per heavy atom. The Bertz CT molecular complexity index is 2870. The summed E-state index contributed by atoms with van der Waals surface area (Å²) in [5.74, 6) is 0. The number of anilines is 3. The first-order chi connectivity index (χ1) is 24.8. The van der Waals surface area contributed by atoms with Crippen molar-refractivity contribution in [2.45, 2.75) is 0 Å². The van der Waals surface area contributed by atoms with Gasteiger partial charge in [-0.25, -0.2) is 0 Å². The number of benzene rings is 9. The van der Waals surface area contributed by atoms with Crippen molar-refractivity contribution in [2.24, 2.45) is 0 Å². The van der Waals surface area contributed by atoms with E-state index in [4.69, 9.17) is 4.42 Å². The summed E-state index contributed by atoms with van der Waals surface area (Å²) in [4.78, 5) is 2.35. The monoisotopic (exact) mass is 637 g/mol. The number of furan rings is 1. The molecule has 0 saturated heterocycles. The van der Waals surface area contributed by atoms with Crippen LogP contribution in [0, 0.1) is 0 Å². The van der Waals surface area contributed by atoms with Gasteiger partial charge in [-0.05, 0) is 91.5 Å². The van der Waals surface area contributed by atoms with Gasteiger partial charge in [-0.3, -0.25) is 0 Å². The van der Waals surface area contributed by atoms with Crippen molar-refractivity contribution in [2.75, 3.05) is 4.90 Å². The van der Waals surface area contributed by atoms with E-state index in [0.29, 0.717) is 0 Å². The number of fused-ring (bicyclic) bond motifs is 8. The fourth-order valence-electron chi connectivity index (χ4n) is 7.70. The third-order valence-corrected chi connectivity index (χ3v) is 10.1. The molecule has 0 N–H and O–H groups in total. The Morgan fingerprint density at radius 1 is 0.320 bits per heavy atom. The summed E-state index contributed by atoms with van der Waals surface area (Å²) >= 11 is 0. The first-order valence-electron chi connectivity index (χ1n) is 17.1. The first kappa shape index (κ1) is 28.4. The van der Waals surface area contributed by atoms with Crippen LogP contribution in [0.4, 0.5) is 17.1 Å². The van der Waals surface area contributed by atoms with Gasteiger partial charge in [-0.15, -0.1) is 0 Å². The Labute approximate surface area is 290 Å². The highest BCUT2D eigenvalue weighted by atomic mass is 16.3. The summed E-state index contributed by atoms with van der Waals surface area (Å²) < 4.78 is 6.39. The van der Waals surface area contributed by atoms with E-state index in [1.165, 1.54) is 49.0 Å². The molecular formula is C48H31NO. The summed E-state index contributed by atoms with van der Waals surface area (Å²) in [5.41, 5.74) is 9.73. The highest BCUT2D eigenvalue weighted by Crippen LogP contribution is 2.44. The number of hydrogen-bond donors (Lipinski definition) is 0. The summed E-state index contributed by atoms with van der Waals surface area (Å²) in [6, 6.07) is 67.5. The quantitative estimate of drug-likeness (QED) is 0.175. The van der Waals surface area contributed by atoms with Gasteiger partial charge >= 0.3 is 0 Å². The van der Waals surface area contributed by atoms with E-state index in [-0.39, 0.29) is 0 Å². The fourth-order valence-corrected chi connectivity index (χ4v) is 7.70. The van der Waals surface area contributed by atoms with Crippen molar-refractivity contribution < 1.29 is 4.42 Å². The molecule has 50 heavy (non-hydrogen) atoms. The van der Waals surface area contributed by atoms with E-state index in [1.54, 1.807) is 0 Å². The topological polar surface area (TPSA) is 16.4 Å². The first-order valence-corrected chi connectivity index (χ1v) is 17.1. The van der Waals surface area contributed by atoms with Crippen molar-refractivity contribution in [1.82, 2.24) is 0 Å². The van der Waals surface area contributed by atoms with Gasteiger partial charge in [0.15, 0.2) is 0 Å². The van der Waals surface area contributed by atoms with Crippen molar-refractivity contribution in [3.8, 4) is 22.3 Å². The summed E-state index contributed by atoms with van der Waals surface area (Å²) in [6.45, 7) is 0. The highest BCUT2D eigenvalue weighted by Gasteiger charge is 2.19. The lowest BCUT2D eigenvalue weighted by atomic mass is 9.91. The van der Waals surface area contributed by atoms with Gasteiger partial charge in [0.25, 0.3) is 0 Å². The molecular weight excluding hydrogens is 607 g/mol. The second-order valence-corrected chi connectivity index (χ2v) is 12.9. The van der Waals surface area contributed by atoms with E-state index in [0.717, 1.165) is 44.6 Å². The molecule has 0 saturated carbocycles. The minimum atomic E-state index is 0.873. The van der Waals surface area contributed by atoms with Crippen LogP contribution in [0.2, 0.25) is 0 Å². The predicted octanol–water partition coefficient (Wildman–Crippen LogP) is 13.8. The predicted molar refractivity (Wildman–Crippen MR) is 212 cm³/mol. The molecule has 2 nitrogen and oxygen atoms in total. The van der Waals surface area contributed by atoms with Crippen LogP contribution in [-0.4, -0.2) is 0 Å². The molecule has 10 aromatic rings. The second-order valence-electron chi connectivity index (χ2n) is 12.9. The van der Waals surface area contributed by atoms with Crippen molar-refractivity contribution in [3.05, 3.63) is 188 Å². The Balaban J connectivity index is 1.17. The third-order valence-electron chi connectivity index (χ3n) is 10.1. The number of hydrogen-bond acceptors (Lipinski definition) is 2. The second kappa shape index (κ2) is 11.5. The zero-order chi connectivity index (χ0) is 33.0. The SMILES string of the molecule is c1ccc(-c2ccccc2N(c2ccc(-c3cc4c5ccccc5ccc4c4ccccc34)cc2)c2ccc3c(c2)oc2ccccc23)cc1. The van der Waals surface area contributed by atoms with Gasteiger partial charge in [0.2, 0.25) is 0 Å². The maximum Gasteiger partial charge on any atom is 0.137 e. The van der Waals surface area contributed by atoms with E-state index in [1.807, 2.05) is 12.1 Å². The van der Waals surface area contributed by atoms with Crippen LogP contribution in [0.5, 0.6) is 0 Å². The molecule has 0 atom stereocenters. The van der Waals surface area contributed by atoms with Crippen LogP contribution in [-0.2, 0) is 0 Å². The van der Waals surface area contributed by atoms with Crippen molar-refractivity contribution >= 4 is 71.3 Å². The molecule has 0 radical (unpaired) electrons. The molecule has 0 aliphatic rings. The molecule has 2 heteroatoms. The van der Waals surface area contributed by atoms with Gasteiger partial charge < -0.3 is 9.32 Å². The molecule has 0 bridgehead atoms. The van der Waals surface area contributed by atoms with E-state index in [2.05, 4.69) is 181 Å². The number of para-hydroxylation sites is 2. The molecule has 9 aromatic carbocycles. The minimum Gasteiger partial charge on any atom is -0.456 e. The molecule has 1 aromatic heterocycles. The number of rotatable bonds is 5. The summed E-state index contributed by atoms with van der Waals surface area (Å²) in [5, 5.41) is 9.86. The molecule has 0 fully saturated rings. The molecule has 10 rings (SSSR count). The molecule has 0 unspecified atom stereocenters. The standard InChI is InChI=1S/C48H31NO/c1-2-12-32(13-3-1)38-16-8-10-20-46(38)49(36-27-29-43-42-19-9-11-21-47(42)50-48(43)30-36)35-25-22-34(23-26-35)44-31-45-37-15-5-4-14-33(37)24-28-41(45)39-17-6-7-18-40(39)44/h1-31H. The molecule has 1 heterocycles. The van der Waals surface area contributed by atoms with Crippen LogP contribution in [0.1, 0.15) is 0 Å². The van der Waals surface area contributed by atoms with E-state index >= 15 is 0 Å².